The fourth-order valence-electron chi connectivity index (χ4n) is 2.68. The van der Waals surface area contributed by atoms with Gasteiger partial charge in [-0.15, -0.1) is 0 Å². The molecule has 0 unspecified atom stereocenters. The molecular weight excluding hydrogens is 348 g/mol. The highest BCUT2D eigenvalue weighted by molar-refractivity contribution is 5.81. The summed E-state index contributed by atoms with van der Waals surface area (Å²) in [5.41, 5.74) is -0.330. The monoisotopic (exact) mass is 361 g/mol. The predicted molar refractivity (Wildman–Crippen MR) is 88.9 cm³/mol. The summed E-state index contributed by atoms with van der Waals surface area (Å²) in [6, 6.07) is 8.07. The molecule has 0 aliphatic carbocycles. The van der Waals surface area contributed by atoms with Crippen molar-refractivity contribution in [1.82, 2.24) is 4.57 Å². The zero-order chi connectivity index (χ0) is 18.8. The number of nitrogens with zero attached hydrogens (tertiary/aromatic N) is 1. The molecule has 0 saturated heterocycles. The summed E-state index contributed by atoms with van der Waals surface area (Å²) >= 11 is 0. The molecule has 0 atom stereocenters. The lowest BCUT2D eigenvalue weighted by Gasteiger charge is -2.14. The summed E-state index contributed by atoms with van der Waals surface area (Å²) in [5, 5.41) is 8.74. The fourth-order valence-corrected chi connectivity index (χ4v) is 2.68. The average Bonchev–Trinajstić information content (AvgIpc) is 2.58. The number of rotatable bonds is 4. The smallest absolute Gasteiger partial charge is 0.494 e. The van der Waals surface area contributed by atoms with Crippen LogP contribution in [-0.4, -0.2) is 22.9 Å². The van der Waals surface area contributed by atoms with E-state index in [9.17, 15) is 18.4 Å². The van der Waals surface area contributed by atoms with E-state index in [4.69, 9.17) is 9.84 Å². The number of hydrogen-bond acceptors (Lipinski definition) is 4. The van der Waals surface area contributed by atoms with Gasteiger partial charge in [-0.2, -0.15) is 0 Å². The number of methoxy groups -OCH3 is 1. The van der Waals surface area contributed by atoms with E-state index in [1.807, 2.05) is 0 Å². The first kappa shape index (κ1) is 17.4. The van der Waals surface area contributed by atoms with Gasteiger partial charge in [0.25, 0.3) is 0 Å². The van der Waals surface area contributed by atoms with Crippen molar-refractivity contribution in [1.29, 1.82) is 0 Å². The Balaban J connectivity index is 2.17. The second-order valence-electron chi connectivity index (χ2n) is 5.42. The summed E-state index contributed by atoms with van der Waals surface area (Å²) in [7, 11) is 1.33. The van der Waals surface area contributed by atoms with Crippen molar-refractivity contribution >= 4 is 17.1 Å². The minimum atomic E-state index is -1.67. The van der Waals surface area contributed by atoms with Gasteiger partial charge < -0.3 is 19.1 Å². The highest BCUT2D eigenvalue weighted by Gasteiger charge is 2.16. The molecule has 2 aromatic carbocycles. The van der Waals surface area contributed by atoms with Crippen molar-refractivity contribution in [3.8, 4) is 11.5 Å². The Morgan fingerprint density at radius 2 is 1.92 bits per heavy atom. The van der Waals surface area contributed by atoms with Crippen LogP contribution in [0.2, 0.25) is 0 Å². The standard InChI is InChI=1S/C18H13F2NO5/c1-25-14-6-5-10(7-13(14)20)8-21-9-15(26-18(23)24)17(22)11-3-2-4-12(19)16(11)21/h2-7,9H,8H2,1H3,(H,23,24). The Kier molecular flexibility index (Phi) is 4.57. The van der Waals surface area contributed by atoms with Gasteiger partial charge in [0, 0.05) is 6.54 Å². The molecule has 1 N–H and O–H groups in total. The van der Waals surface area contributed by atoms with Crippen molar-refractivity contribution < 1.29 is 28.2 Å². The summed E-state index contributed by atoms with van der Waals surface area (Å²) in [6.07, 6.45) is -0.579. The SMILES string of the molecule is COc1ccc(Cn2cc(OC(=O)O)c(=O)c3cccc(F)c32)cc1F. The number of carbonyl (C=O) groups is 1. The van der Waals surface area contributed by atoms with Crippen LogP contribution >= 0.6 is 0 Å². The van der Waals surface area contributed by atoms with E-state index >= 15 is 0 Å². The van der Waals surface area contributed by atoms with Crippen LogP contribution in [0.25, 0.3) is 10.9 Å². The maximum absolute atomic E-state index is 14.3. The molecule has 0 fully saturated rings. The summed E-state index contributed by atoms with van der Waals surface area (Å²) < 4.78 is 38.9. The molecule has 1 aromatic heterocycles. The van der Waals surface area contributed by atoms with Crippen LogP contribution in [0.15, 0.2) is 47.4 Å². The van der Waals surface area contributed by atoms with E-state index in [1.54, 1.807) is 6.07 Å². The highest BCUT2D eigenvalue weighted by Crippen LogP contribution is 2.22. The van der Waals surface area contributed by atoms with Gasteiger partial charge in [0.05, 0.1) is 24.2 Å². The summed E-state index contributed by atoms with van der Waals surface area (Å²) in [5.74, 6) is -1.68. The van der Waals surface area contributed by atoms with E-state index in [0.717, 1.165) is 6.20 Å². The second kappa shape index (κ2) is 6.83. The first-order valence-corrected chi connectivity index (χ1v) is 7.45. The Labute approximate surface area is 145 Å². The van der Waals surface area contributed by atoms with Crippen LogP contribution < -0.4 is 14.9 Å². The van der Waals surface area contributed by atoms with Gasteiger partial charge in [-0.3, -0.25) is 4.79 Å². The van der Waals surface area contributed by atoms with E-state index < -0.39 is 29.0 Å². The number of para-hydroxylation sites is 1. The summed E-state index contributed by atoms with van der Waals surface area (Å²) in [6.45, 7) is -0.0192. The van der Waals surface area contributed by atoms with Gasteiger partial charge in [0.1, 0.15) is 5.82 Å². The summed E-state index contributed by atoms with van der Waals surface area (Å²) in [4.78, 5) is 23.1. The molecule has 0 aliphatic rings. The number of aromatic nitrogens is 1. The van der Waals surface area contributed by atoms with Crippen LogP contribution in [0.5, 0.6) is 11.5 Å². The van der Waals surface area contributed by atoms with Gasteiger partial charge in [-0.1, -0.05) is 12.1 Å². The number of hydrogen-bond donors (Lipinski definition) is 1. The van der Waals surface area contributed by atoms with Gasteiger partial charge >= 0.3 is 6.16 Å². The van der Waals surface area contributed by atoms with Gasteiger partial charge in [-0.25, -0.2) is 13.6 Å². The topological polar surface area (TPSA) is 77.8 Å². The normalized spacial score (nSPS) is 10.7. The van der Waals surface area contributed by atoms with Crippen molar-refractivity contribution in [2.24, 2.45) is 0 Å². The molecule has 1 heterocycles. The quantitative estimate of drug-likeness (QED) is 0.721. The maximum atomic E-state index is 14.3. The molecule has 6 nitrogen and oxygen atoms in total. The molecular formula is C18H13F2NO5. The molecule has 0 radical (unpaired) electrons. The minimum absolute atomic E-state index is 0.0192. The van der Waals surface area contributed by atoms with E-state index in [1.165, 1.54) is 42.0 Å². The average molecular weight is 361 g/mol. The molecule has 26 heavy (non-hydrogen) atoms. The number of halogens is 2. The van der Waals surface area contributed by atoms with Gasteiger partial charge in [0.2, 0.25) is 5.43 Å². The molecule has 0 amide bonds. The maximum Gasteiger partial charge on any atom is 0.511 e. The highest BCUT2D eigenvalue weighted by atomic mass is 19.1. The second-order valence-corrected chi connectivity index (χ2v) is 5.42. The third kappa shape index (κ3) is 3.21. The fraction of sp³-hybridized carbons (Fsp3) is 0.111. The first-order chi connectivity index (χ1) is 12.4. The Bertz CT molecular complexity index is 1060. The van der Waals surface area contributed by atoms with E-state index in [0.29, 0.717) is 5.56 Å². The lowest BCUT2D eigenvalue weighted by Crippen LogP contribution is -2.17. The number of pyridine rings is 1. The van der Waals surface area contributed by atoms with Crippen molar-refractivity contribution in [2.45, 2.75) is 6.54 Å². The van der Waals surface area contributed by atoms with Crippen LogP contribution in [0.3, 0.4) is 0 Å². The predicted octanol–water partition coefficient (Wildman–Crippen LogP) is 3.39. The molecule has 3 aromatic rings. The first-order valence-electron chi connectivity index (χ1n) is 7.45. The zero-order valence-corrected chi connectivity index (χ0v) is 13.5. The number of ether oxygens (including phenoxy) is 2. The Morgan fingerprint density at radius 1 is 1.15 bits per heavy atom. The Morgan fingerprint density at radius 3 is 2.58 bits per heavy atom. The molecule has 0 saturated carbocycles. The van der Waals surface area contributed by atoms with Gasteiger partial charge in [0.15, 0.2) is 17.3 Å². The lowest BCUT2D eigenvalue weighted by atomic mass is 10.1. The minimum Gasteiger partial charge on any atom is -0.494 e. The third-order valence-corrected chi connectivity index (χ3v) is 3.78. The lowest BCUT2D eigenvalue weighted by molar-refractivity contribution is 0.144. The molecule has 0 aliphatic heterocycles. The molecule has 0 spiro atoms. The zero-order valence-electron chi connectivity index (χ0n) is 13.5. The van der Waals surface area contributed by atoms with Crippen molar-refractivity contribution in [3.63, 3.8) is 0 Å². The molecule has 3 rings (SSSR count). The largest absolute Gasteiger partial charge is 0.511 e. The van der Waals surface area contributed by atoms with Crippen LogP contribution in [-0.2, 0) is 6.54 Å². The Hall–Kier alpha value is -3.42. The van der Waals surface area contributed by atoms with Crippen molar-refractivity contribution in [2.75, 3.05) is 7.11 Å². The van der Waals surface area contributed by atoms with Crippen LogP contribution in [0.1, 0.15) is 5.56 Å². The number of carboxylic acid groups (broad SMARTS) is 1. The molecule has 0 bridgehead atoms. The third-order valence-electron chi connectivity index (χ3n) is 3.78. The molecule has 134 valence electrons. The van der Waals surface area contributed by atoms with E-state index in [-0.39, 0.29) is 23.2 Å². The van der Waals surface area contributed by atoms with Crippen LogP contribution in [0.4, 0.5) is 13.6 Å². The van der Waals surface area contributed by atoms with Crippen molar-refractivity contribution in [3.05, 3.63) is 70.0 Å². The number of fused-ring (bicyclic) bond motifs is 1. The number of benzene rings is 2. The molecule has 8 heteroatoms. The van der Waals surface area contributed by atoms with E-state index in [2.05, 4.69) is 4.74 Å². The van der Waals surface area contributed by atoms with Gasteiger partial charge in [-0.05, 0) is 29.8 Å². The van der Waals surface area contributed by atoms with Crippen LogP contribution in [0, 0.1) is 11.6 Å².